The fraction of sp³-hybridized carbons (Fsp3) is 0.667. The molecule has 0 aliphatic carbocycles. The van der Waals surface area contributed by atoms with E-state index in [4.69, 9.17) is 16.3 Å². The van der Waals surface area contributed by atoms with E-state index in [0.29, 0.717) is 23.5 Å². The molecule has 0 amide bonds. The van der Waals surface area contributed by atoms with Gasteiger partial charge in [0.1, 0.15) is 11.3 Å². The topological polar surface area (TPSA) is 35.0 Å². The van der Waals surface area contributed by atoms with Crippen LogP contribution in [0.15, 0.2) is 4.47 Å². The molecule has 96 valence electrons. The van der Waals surface area contributed by atoms with E-state index in [1.54, 1.807) is 0 Å². The Morgan fingerprint density at radius 3 is 2.41 bits per heavy atom. The summed E-state index contributed by atoms with van der Waals surface area (Å²) >= 11 is 9.54. The molecule has 1 aromatic rings. The molecule has 0 saturated carbocycles. The highest BCUT2D eigenvalue weighted by Gasteiger charge is 2.19. The Balaban J connectivity index is 3.17. The Morgan fingerprint density at radius 2 is 1.94 bits per heavy atom. The Hall–Kier alpha value is -0.190. The van der Waals surface area contributed by atoms with Crippen molar-refractivity contribution in [1.82, 2.24) is 9.97 Å². The highest BCUT2D eigenvalue weighted by atomic mass is 79.9. The first-order valence-corrected chi connectivity index (χ1v) is 7.02. The van der Waals surface area contributed by atoms with Gasteiger partial charge >= 0.3 is 0 Å². The lowest BCUT2D eigenvalue weighted by Crippen LogP contribution is -2.11. The van der Waals surface area contributed by atoms with Crippen LogP contribution in [0, 0.1) is 0 Å². The van der Waals surface area contributed by atoms with Crippen LogP contribution in [0.25, 0.3) is 0 Å². The van der Waals surface area contributed by atoms with Gasteiger partial charge in [0.2, 0.25) is 0 Å². The highest BCUT2D eigenvalue weighted by molar-refractivity contribution is 9.10. The second-order valence-corrected chi connectivity index (χ2v) is 5.23. The summed E-state index contributed by atoms with van der Waals surface area (Å²) in [5, 5.41) is 0.455. The lowest BCUT2D eigenvalue weighted by atomic mass is 10.1. The number of aromatic nitrogens is 2. The molecule has 1 rings (SSSR count). The van der Waals surface area contributed by atoms with Gasteiger partial charge in [0.25, 0.3) is 0 Å². The van der Waals surface area contributed by atoms with Gasteiger partial charge in [-0.1, -0.05) is 32.4 Å². The molecule has 0 aliphatic rings. The molecule has 0 N–H and O–H groups in total. The van der Waals surface area contributed by atoms with Crippen molar-refractivity contribution in [2.45, 2.75) is 46.1 Å². The molecule has 1 aromatic heterocycles. The first-order valence-electron chi connectivity index (χ1n) is 5.85. The van der Waals surface area contributed by atoms with Crippen LogP contribution in [-0.4, -0.2) is 16.6 Å². The normalized spacial score (nSPS) is 13.1. The molecule has 0 spiro atoms. The molecular weight excluding hydrogens is 304 g/mol. The Morgan fingerprint density at radius 1 is 1.29 bits per heavy atom. The Labute approximate surface area is 116 Å². The fourth-order valence-electron chi connectivity index (χ4n) is 1.56. The van der Waals surface area contributed by atoms with E-state index in [9.17, 15) is 0 Å². The van der Waals surface area contributed by atoms with E-state index in [1.807, 2.05) is 6.92 Å². The molecule has 1 heterocycles. The lowest BCUT2D eigenvalue weighted by molar-refractivity contribution is 0.0532. The molecule has 17 heavy (non-hydrogen) atoms. The molecule has 0 radical (unpaired) electrons. The van der Waals surface area contributed by atoms with E-state index in [0.717, 1.165) is 16.6 Å². The third-order valence-electron chi connectivity index (χ3n) is 2.43. The van der Waals surface area contributed by atoms with Gasteiger partial charge in [0.05, 0.1) is 10.2 Å². The number of halogens is 2. The van der Waals surface area contributed by atoms with Crippen molar-refractivity contribution in [1.29, 1.82) is 0 Å². The molecule has 0 bridgehead atoms. The number of hydrogen-bond acceptors (Lipinski definition) is 3. The van der Waals surface area contributed by atoms with E-state index < -0.39 is 0 Å². The van der Waals surface area contributed by atoms with Crippen molar-refractivity contribution < 1.29 is 4.74 Å². The van der Waals surface area contributed by atoms with Gasteiger partial charge in [-0.25, -0.2) is 9.97 Å². The third-order valence-corrected chi connectivity index (χ3v) is 3.71. The van der Waals surface area contributed by atoms with Crippen LogP contribution in [0.1, 0.15) is 57.7 Å². The summed E-state index contributed by atoms with van der Waals surface area (Å²) in [5.41, 5.74) is 0.929. The van der Waals surface area contributed by atoms with Gasteiger partial charge in [-0.15, -0.1) is 0 Å². The summed E-state index contributed by atoms with van der Waals surface area (Å²) < 4.78 is 6.39. The van der Waals surface area contributed by atoms with Crippen molar-refractivity contribution in [2.24, 2.45) is 0 Å². The minimum Gasteiger partial charge on any atom is -0.371 e. The van der Waals surface area contributed by atoms with Crippen molar-refractivity contribution in [2.75, 3.05) is 6.61 Å². The molecule has 3 nitrogen and oxygen atoms in total. The van der Waals surface area contributed by atoms with Crippen LogP contribution in [0.3, 0.4) is 0 Å². The molecule has 0 aliphatic heterocycles. The number of rotatable bonds is 5. The van der Waals surface area contributed by atoms with Crippen LogP contribution < -0.4 is 0 Å². The zero-order chi connectivity index (χ0) is 13.0. The SMILES string of the molecule is CCOC(CC)c1nc(Cl)c(Br)c(C(C)C)n1. The summed E-state index contributed by atoms with van der Waals surface area (Å²) in [4.78, 5) is 8.84. The minimum atomic E-state index is -0.0805. The summed E-state index contributed by atoms with van der Waals surface area (Å²) in [6.07, 6.45) is 0.756. The number of hydrogen-bond donors (Lipinski definition) is 0. The average molecular weight is 322 g/mol. The van der Waals surface area contributed by atoms with Gasteiger partial charge < -0.3 is 4.74 Å². The van der Waals surface area contributed by atoms with Gasteiger partial charge in [0, 0.05) is 6.61 Å². The number of ether oxygens (including phenoxy) is 1. The quantitative estimate of drug-likeness (QED) is 0.749. The van der Waals surface area contributed by atoms with Crippen molar-refractivity contribution >= 4 is 27.5 Å². The van der Waals surface area contributed by atoms with Crippen LogP contribution in [0.2, 0.25) is 5.15 Å². The van der Waals surface area contributed by atoms with Crippen molar-refractivity contribution in [3.05, 3.63) is 21.1 Å². The van der Waals surface area contributed by atoms with Gasteiger partial charge in [-0.05, 0) is 35.2 Å². The lowest BCUT2D eigenvalue weighted by Gasteiger charge is -2.17. The first-order chi connectivity index (χ1) is 8.01. The van der Waals surface area contributed by atoms with Crippen LogP contribution in [-0.2, 0) is 4.74 Å². The van der Waals surface area contributed by atoms with Gasteiger partial charge in [0.15, 0.2) is 5.82 Å². The predicted molar refractivity (Wildman–Crippen MR) is 73.5 cm³/mol. The fourth-order valence-corrected chi connectivity index (χ4v) is 2.37. The maximum absolute atomic E-state index is 6.11. The van der Waals surface area contributed by atoms with E-state index >= 15 is 0 Å². The summed E-state index contributed by atoms with van der Waals surface area (Å²) in [5.74, 6) is 0.967. The smallest absolute Gasteiger partial charge is 0.159 e. The van der Waals surface area contributed by atoms with Crippen molar-refractivity contribution in [3.8, 4) is 0 Å². The molecule has 0 saturated heterocycles. The maximum atomic E-state index is 6.11. The molecule has 0 fully saturated rings. The Kier molecular flexibility index (Phi) is 5.83. The van der Waals surface area contributed by atoms with Gasteiger partial charge in [-0.2, -0.15) is 0 Å². The van der Waals surface area contributed by atoms with Crippen molar-refractivity contribution in [3.63, 3.8) is 0 Å². The summed E-state index contributed by atoms with van der Waals surface area (Å²) in [7, 11) is 0. The molecule has 1 unspecified atom stereocenters. The van der Waals surface area contributed by atoms with Crippen LogP contribution in [0.5, 0.6) is 0 Å². The first kappa shape index (κ1) is 14.9. The maximum Gasteiger partial charge on any atom is 0.159 e. The molecule has 0 aromatic carbocycles. The Bertz CT molecular complexity index is 385. The minimum absolute atomic E-state index is 0.0805. The standard InChI is InChI=1S/C12H18BrClN2O/c1-5-8(17-6-2)12-15-10(7(3)4)9(13)11(14)16-12/h7-8H,5-6H2,1-4H3. The largest absolute Gasteiger partial charge is 0.371 e. The summed E-state index contributed by atoms with van der Waals surface area (Å²) in [6, 6.07) is 0. The second-order valence-electron chi connectivity index (χ2n) is 4.08. The average Bonchev–Trinajstić information content (AvgIpc) is 2.29. The molecule has 1 atom stereocenters. The van der Waals surface area contributed by atoms with E-state index in [-0.39, 0.29) is 6.10 Å². The third kappa shape index (κ3) is 3.63. The van der Waals surface area contributed by atoms with E-state index in [2.05, 4.69) is 46.7 Å². The number of nitrogens with zero attached hydrogens (tertiary/aromatic N) is 2. The van der Waals surface area contributed by atoms with Crippen LogP contribution >= 0.6 is 27.5 Å². The molecule has 5 heteroatoms. The second kappa shape index (κ2) is 6.66. The molecular formula is C12H18BrClN2O. The zero-order valence-corrected chi connectivity index (χ0v) is 13.0. The van der Waals surface area contributed by atoms with Gasteiger partial charge in [-0.3, -0.25) is 0 Å². The van der Waals surface area contributed by atoms with Crippen LogP contribution in [0.4, 0.5) is 0 Å². The zero-order valence-electron chi connectivity index (χ0n) is 10.6. The predicted octanol–water partition coefficient (Wildman–Crippen LogP) is 4.50. The highest BCUT2D eigenvalue weighted by Crippen LogP contribution is 2.30. The summed E-state index contributed by atoms with van der Waals surface area (Å²) in [6.45, 7) is 8.82. The van der Waals surface area contributed by atoms with E-state index in [1.165, 1.54) is 0 Å². The monoisotopic (exact) mass is 320 g/mol.